The Labute approximate surface area is 75.1 Å². The Morgan fingerprint density at radius 2 is 2.25 bits per heavy atom. The number of methoxy groups -OCH3 is 1. The molecule has 0 amide bonds. The van der Waals surface area contributed by atoms with Crippen LogP contribution in [0.25, 0.3) is 10.9 Å². The molecule has 2 rings (SSSR count). The molecule has 0 fully saturated rings. The van der Waals surface area contributed by atoms with Crippen LogP contribution < -0.4 is 4.74 Å². The molecule has 0 saturated carbocycles. The Balaban J connectivity index is 2.80. The summed E-state index contributed by atoms with van der Waals surface area (Å²) >= 11 is 5.86. The summed E-state index contributed by atoms with van der Waals surface area (Å²) in [5.74, 6) is 0.804. The lowest BCUT2D eigenvalue weighted by Gasteiger charge is -2.01. The van der Waals surface area contributed by atoms with Crippen LogP contribution in [-0.2, 0) is 0 Å². The van der Waals surface area contributed by atoms with Crippen molar-refractivity contribution < 1.29 is 4.74 Å². The van der Waals surface area contributed by atoms with E-state index in [-0.39, 0.29) is 0 Å². The lowest BCUT2D eigenvalue weighted by atomic mass is 10.2. The fraction of sp³-hybridized carbons (Fsp3) is 0.111. The van der Waals surface area contributed by atoms with Gasteiger partial charge >= 0.3 is 0 Å². The molecule has 0 radical (unpaired) electrons. The molecule has 0 saturated heterocycles. The zero-order valence-electron chi connectivity index (χ0n) is 6.60. The van der Waals surface area contributed by atoms with Gasteiger partial charge in [-0.15, -0.1) is 0 Å². The average Bonchev–Trinajstić information content (AvgIpc) is 2.50. The van der Waals surface area contributed by atoms with Crippen molar-refractivity contribution in [1.29, 1.82) is 0 Å². The van der Waals surface area contributed by atoms with Crippen molar-refractivity contribution in [3.05, 3.63) is 29.4 Å². The number of rotatable bonds is 1. The highest BCUT2D eigenvalue weighted by Crippen LogP contribution is 2.28. The topological polar surface area (TPSA) is 25.0 Å². The predicted molar refractivity (Wildman–Crippen MR) is 49.9 cm³/mol. The largest absolute Gasteiger partial charge is 0.496 e. The standard InChI is InChI=1S/C9H8ClNO/c1-12-9-5-6(10)4-8-7(9)2-3-11-8/h2-5,11H,1H3. The highest BCUT2D eigenvalue weighted by Gasteiger charge is 2.02. The monoisotopic (exact) mass is 181 g/mol. The van der Waals surface area contributed by atoms with Crippen LogP contribution in [0.1, 0.15) is 0 Å². The molecule has 0 atom stereocenters. The second-order valence-electron chi connectivity index (χ2n) is 2.55. The molecule has 3 heteroatoms. The summed E-state index contributed by atoms with van der Waals surface area (Å²) in [5, 5.41) is 1.74. The maximum absolute atomic E-state index is 5.86. The molecule has 1 N–H and O–H groups in total. The minimum absolute atomic E-state index is 0.682. The first-order valence-corrected chi connectivity index (χ1v) is 3.99. The molecule has 0 aliphatic heterocycles. The van der Waals surface area contributed by atoms with Gasteiger partial charge in [0.05, 0.1) is 12.6 Å². The third-order valence-corrected chi connectivity index (χ3v) is 2.03. The summed E-state index contributed by atoms with van der Waals surface area (Å²) < 4.78 is 5.16. The van der Waals surface area contributed by atoms with Crippen LogP contribution in [-0.4, -0.2) is 12.1 Å². The van der Waals surface area contributed by atoms with E-state index in [1.165, 1.54) is 0 Å². The molecule has 2 nitrogen and oxygen atoms in total. The highest BCUT2D eigenvalue weighted by atomic mass is 35.5. The normalized spacial score (nSPS) is 10.5. The van der Waals surface area contributed by atoms with Gasteiger partial charge in [-0.25, -0.2) is 0 Å². The van der Waals surface area contributed by atoms with Crippen LogP contribution in [0.3, 0.4) is 0 Å². The van der Waals surface area contributed by atoms with Crippen molar-refractivity contribution in [2.45, 2.75) is 0 Å². The van der Waals surface area contributed by atoms with E-state index in [4.69, 9.17) is 16.3 Å². The van der Waals surface area contributed by atoms with Crippen molar-refractivity contribution in [2.75, 3.05) is 7.11 Å². The number of H-pyrrole nitrogens is 1. The number of benzene rings is 1. The Bertz CT molecular complexity index is 408. The van der Waals surface area contributed by atoms with Crippen LogP contribution >= 0.6 is 11.6 Å². The quantitative estimate of drug-likeness (QED) is 0.719. The van der Waals surface area contributed by atoms with E-state index in [1.807, 2.05) is 18.3 Å². The number of ether oxygens (including phenoxy) is 1. The van der Waals surface area contributed by atoms with E-state index < -0.39 is 0 Å². The lowest BCUT2D eigenvalue weighted by Crippen LogP contribution is -1.82. The molecule has 1 heterocycles. The molecule has 0 unspecified atom stereocenters. The van der Waals surface area contributed by atoms with Gasteiger partial charge in [-0.2, -0.15) is 0 Å². The van der Waals surface area contributed by atoms with Crippen molar-refractivity contribution in [3.63, 3.8) is 0 Å². The summed E-state index contributed by atoms with van der Waals surface area (Å²) in [6.07, 6.45) is 1.86. The summed E-state index contributed by atoms with van der Waals surface area (Å²) in [6, 6.07) is 5.64. The summed E-state index contributed by atoms with van der Waals surface area (Å²) in [7, 11) is 1.64. The zero-order chi connectivity index (χ0) is 8.55. The molecule has 0 aliphatic carbocycles. The molecule has 1 aromatic heterocycles. The van der Waals surface area contributed by atoms with Gasteiger partial charge in [-0.05, 0) is 18.2 Å². The summed E-state index contributed by atoms with van der Waals surface area (Å²) in [4.78, 5) is 3.07. The van der Waals surface area contributed by atoms with Gasteiger partial charge in [0.2, 0.25) is 0 Å². The second-order valence-corrected chi connectivity index (χ2v) is 2.98. The van der Waals surface area contributed by atoms with Gasteiger partial charge < -0.3 is 9.72 Å². The Kier molecular flexibility index (Phi) is 1.70. The fourth-order valence-electron chi connectivity index (χ4n) is 1.27. The highest BCUT2D eigenvalue weighted by molar-refractivity contribution is 6.31. The fourth-order valence-corrected chi connectivity index (χ4v) is 1.48. The van der Waals surface area contributed by atoms with Gasteiger partial charge in [-0.1, -0.05) is 11.6 Å². The van der Waals surface area contributed by atoms with Crippen molar-refractivity contribution in [3.8, 4) is 5.75 Å². The Hall–Kier alpha value is -1.15. The molecular formula is C9H8ClNO. The van der Waals surface area contributed by atoms with Gasteiger partial charge in [0.25, 0.3) is 0 Å². The SMILES string of the molecule is COc1cc(Cl)cc2[nH]ccc12. The average molecular weight is 182 g/mol. The van der Waals surface area contributed by atoms with E-state index >= 15 is 0 Å². The molecule has 0 spiro atoms. The Morgan fingerprint density at radius 1 is 1.42 bits per heavy atom. The molecule has 0 aliphatic rings. The first-order chi connectivity index (χ1) is 5.81. The molecule has 1 aromatic carbocycles. The Morgan fingerprint density at radius 3 is 3.00 bits per heavy atom. The predicted octanol–water partition coefficient (Wildman–Crippen LogP) is 2.83. The van der Waals surface area contributed by atoms with E-state index in [1.54, 1.807) is 13.2 Å². The van der Waals surface area contributed by atoms with Crippen LogP contribution in [0.4, 0.5) is 0 Å². The smallest absolute Gasteiger partial charge is 0.129 e. The number of nitrogens with one attached hydrogen (secondary N) is 1. The molecular weight excluding hydrogens is 174 g/mol. The maximum Gasteiger partial charge on any atom is 0.129 e. The van der Waals surface area contributed by atoms with Crippen LogP contribution in [0.15, 0.2) is 24.4 Å². The summed E-state index contributed by atoms with van der Waals surface area (Å²) in [6.45, 7) is 0. The zero-order valence-corrected chi connectivity index (χ0v) is 7.35. The van der Waals surface area contributed by atoms with Crippen molar-refractivity contribution in [2.24, 2.45) is 0 Å². The molecule has 12 heavy (non-hydrogen) atoms. The van der Waals surface area contributed by atoms with Gasteiger partial charge in [-0.3, -0.25) is 0 Å². The van der Waals surface area contributed by atoms with Crippen LogP contribution in [0, 0.1) is 0 Å². The molecule has 62 valence electrons. The second kappa shape index (κ2) is 2.72. The first-order valence-electron chi connectivity index (χ1n) is 3.62. The number of fused-ring (bicyclic) bond motifs is 1. The van der Waals surface area contributed by atoms with Crippen LogP contribution in [0.5, 0.6) is 5.75 Å². The van der Waals surface area contributed by atoms with E-state index in [0.717, 1.165) is 16.7 Å². The number of aromatic nitrogens is 1. The lowest BCUT2D eigenvalue weighted by molar-refractivity contribution is 0.420. The number of hydrogen-bond donors (Lipinski definition) is 1. The van der Waals surface area contributed by atoms with Gasteiger partial charge in [0.15, 0.2) is 0 Å². The third-order valence-electron chi connectivity index (χ3n) is 1.82. The number of halogens is 1. The van der Waals surface area contributed by atoms with E-state index in [9.17, 15) is 0 Å². The van der Waals surface area contributed by atoms with Crippen molar-refractivity contribution in [1.82, 2.24) is 4.98 Å². The maximum atomic E-state index is 5.86. The van der Waals surface area contributed by atoms with E-state index in [0.29, 0.717) is 5.02 Å². The van der Waals surface area contributed by atoms with E-state index in [2.05, 4.69) is 4.98 Å². The van der Waals surface area contributed by atoms with Crippen molar-refractivity contribution >= 4 is 22.5 Å². The van der Waals surface area contributed by atoms with Gasteiger partial charge in [0, 0.05) is 16.6 Å². The number of aromatic amines is 1. The summed E-state index contributed by atoms with van der Waals surface area (Å²) in [5.41, 5.74) is 0.999. The minimum Gasteiger partial charge on any atom is -0.496 e. The minimum atomic E-state index is 0.682. The van der Waals surface area contributed by atoms with Crippen LogP contribution in [0.2, 0.25) is 5.02 Å². The molecule has 2 aromatic rings. The first kappa shape index (κ1) is 7.50. The third kappa shape index (κ3) is 1.04. The number of hydrogen-bond acceptors (Lipinski definition) is 1. The van der Waals surface area contributed by atoms with Gasteiger partial charge in [0.1, 0.15) is 5.75 Å². The molecule has 0 bridgehead atoms.